The lowest BCUT2D eigenvalue weighted by Gasteiger charge is -2.06. The lowest BCUT2D eigenvalue weighted by atomic mass is 10.2. The summed E-state index contributed by atoms with van der Waals surface area (Å²) in [5.41, 5.74) is 0. The quantitative estimate of drug-likeness (QED) is 0.493. The molecule has 1 rings (SSSR count). The molecule has 0 spiro atoms. The molecule has 1 N–H and O–H groups in total. The molecule has 0 unspecified atom stereocenters. The molecule has 0 radical (unpaired) electrons. The fourth-order valence-corrected chi connectivity index (χ4v) is 3.02. The molecule has 0 aliphatic heterocycles. The van der Waals surface area contributed by atoms with Crippen molar-refractivity contribution in [1.82, 2.24) is 5.32 Å². The molecule has 1 nitrogen and oxygen atoms in total. The molecule has 0 aromatic heterocycles. The van der Waals surface area contributed by atoms with Crippen molar-refractivity contribution in [2.75, 3.05) is 18.8 Å². The summed E-state index contributed by atoms with van der Waals surface area (Å²) in [5, 5.41) is 4.98. The zero-order valence-corrected chi connectivity index (χ0v) is 13.2. The van der Waals surface area contributed by atoms with Gasteiger partial charge in [-0.25, -0.2) is 0 Å². The van der Waals surface area contributed by atoms with Gasteiger partial charge in [0.15, 0.2) is 0 Å². The summed E-state index contributed by atoms with van der Waals surface area (Å²) in [4.78, 5) is 1.07. The Kier molecular flexibility index (Phi) is 8.95. The van der Waals surface area contributed by atoms with Crippen LogP contribution in [0.5, 0.6) is 0 Å². The van der Waals surface area contributed by atoms with Crippen molar-refractivity contribution in [2.24, 2.45) is 0 Å². The number of hydrogen-bond acceptors (Lipinski definition) is 2. The van der Waals surface area contributed by atoms with Crippen molar-refractivity contribution in [3.63, 3.8) is 0 Å². The van der Waals surface area contributed by atoms with Gasteiger partial charge in [0.1, 0.15) is 0 Å². The van der Waals surface area contributed by atoms with Crippen LogP contribution in [-0.4, -0.2) is 18.8 Å². The first-order valence-electron chi connectivity index (χ1n) is 6.52. The molecular formula is C14H21Cl2NS. The topological polar surface area (TPSA) is 12.0 Å². The third-order valence-electron chi connectivity index (χ3n) is 2.64. The highest BCUT2D eigenvalue weighted by Crippen LogP contribution is 2.29. The van der Waals surface area contributed by atoms with Gasteiger partial charge in [-0.15, -0.1) is 11.8 Å². The average Bonchev–Trinajstić information content (AvgIpc) is 2.36. The zero-order chi connectivity index (χ0) is 13.2. The first-order valence-corrected chi connectivity index (χ1v) is 8.26. The van der Waals surface area contributed by atoms with Crippen LogP contribution in [-0.2, 0) is 0 Å². The van der Waals surface area contributed by atoms with E-state index >= 15 is 0 Å². The Morgan fingerprint density at radius 3 is 2.72 bits per heavy atom. The summed E-state index contributed by atoms with van der Waals surface area (Å²) in [6.45, 7) is 4.36. The Bertz CT molecular complexity index is 345. The van der Waals surface area contributed by atoms with Gasteiger partial charge in [-0.05, 0) is 31.2 Å². The van der Waals surface area contributed by atoms with E-state index in [9.17, 15) is 0 Å². The van der Waals surface area contributed by atoms with Crippen LogP contribution in [0.3, 0.4) is 0 Å². The number of thioether (sulfide) groups is 1. The minimum atomic E-state index is 0.745. The Morgan fingerprint density at radius 1 is 1.11 bits per heavy atom. The smallest absolute Gasteiger partial charge is 0.0542 e. The second-order valence-electron chi connectivity index (χ2n) is 4.23. The number of nitrogens with one attached hydrogen (secondary N) is 1. The molecule has 0 heterocycles. The van der Waals surface area contributed by atoms with Crippen LogP contribution in [0.15, 0.2) is 23.1 Å². The molecule has 0 aliphatic carbocycles. The molecule has 0 amide bonds. The second kappa shape index (κ2) is 9.96. The molecule has 4 heteroatoms. The van der Waals surface area contributed by atoms with E-state index in [1.54, 1.807) is 11.8 Å². The maximum Gasteiger partial charge on any atom is 0.0542 e. The highest BCUT2D eigenvalue weighted by molar-refractivity contribution is 7.99. The van der Waals surface area contributed by atoms with E-state index in [4.69, 9.17) is 23.2 Å². The molecule has 0 saturated heterocycles. The number of halogens is 2. The van der Waals surface area contributed by atoms with E-state index in [-0.39, 0.29) is 0 Å². The first kappa shape index (κ1) is 16.2. The molecule has 0 aliphatic rings. The van der Waals surface area contributed by atoms with Gasteiger partial charge in [0.25, 0.3) is 0 Å². The van der Waals surface area contributed by atoms with Crippen molar-refractivity contribution in [3.8, 4) is 0 Å². The third-order valence-corrected chi connectivity index (χ3v) is 4.37. The van der Waals surface area contributed by atoms with Gasteiger partial charge in [-0.1, -0.05) is 49.4 Å². The standard InChI is InChI=1S/C14H21Cl2NS/c1-2-3-4-5-8-17-9-10-18-14-11-12(15)6-7-13(14)16/h6-7,11,17H,2-5,8-10H2,1H3. The molecule has 0 fully saturated rings. The van der Waals surface area contributed by atoms with Crippen molar-refractivity contribution in [2.45, 2.75) is 37.5 Å². The zero-order valence-electron chi connectivity index (χ0n) is 10.8. The van der Waals surface area contributed by atoms with E-state index in [0.717, 1.165) is 33.8 Å². The summed E-state index contributed by atoms with van der Waals surface area (Å²) in [6.07, 6.45) is 5.24. The van der Waals surface area contributed by atoms with E-state index in [1.165, 1.54) is 25.7 Å². The Labute approximate surface area is 125 Å². The maximum atomic E-state index is 6.09. The lowest BCUT2D eigenvalue weighted by Crippen LogP contribution is -2.18. The summed E-state index contributed by atoms with van der Waals surface area (Å²) in [5.74, 6) is 1.02. The van der Waals surface area contributed by atoms with Crippen LogP contribution in [0, 0.1) is 0 Å². The summed E-state index contributed by atoms with van der Waals surface area (Å²) < 4.78 is 0. The molecule has 1 aromatic rings. The van der Waals surface area contributed by atoms with Gasteiger partial charge >= 0.3 is 0 Å². The normalized spacial score (nSPS) is 10.8. The third kappa shape index (κ3) is 6.89. The van der Waals surface area contributed by atoms with Crippen molar-refractivity contribution < 1.29 is 0 Å². The fraction of sp³-hybridized carbons (Fsp3) is 0.571. The number of benzene rings is 1. The van der Waals surface area contributed by atoms with Crippen molar-refractivity contribution >= 4 is 35.0 Å². The Morgan fingerprint density at radius 2 is 1.94 bits per heavy atom. The Balaban J connectivity index is 2.09. The van der Waals surface area contributed by atoms with Gasteiger partial charge in [-0.3, -0.25) is 0 Å². The molecule has 0 bridgehead atoms. The first-order chi connectivity index (χ1) is 8.74. The number of rotatable bonds is 9. The van der Waals surface area contributed by atoms with Crippen molar-refractivity contribution in [3.05, 3.63) is 28.2 Å². The van der Waals surface area contributed by atoms with Crippen LogP contribution >= 0.6 is 35.0 Å². The highest BCUT2D eigenvalue weighted by Gasteiger charge is 2.01. The molecular weight excluding hydrogens is 285 g/mol. The largest absolute Gasteiger partial charge is 0.316 e. The summed E-state index contributed by atoms with van der Waals surface area (Å²) in [6, 6.07) is 5.60. The van der Waals surface area contributed by atoms with E-state index in [1.807, 2.05) is 18.2 Å². The molecule has 102 valence electrons. The average molecular weight is 306 g/mol. The number of unbranched alkanes of at least 4 members (excludes halogenated alkanes) is 3. The fourth-order valence-electron chi connectivity index (χ4n) is 1.62. The predicted molar refractivity (Wildman–Crippen MR) is 84.2 cm³/mol. The van der Waals surface area contributed by atoms with Gasteiger partial charge in [0.2, 0.25) is 0 Å². The van der Waals surface area contributed by atoms with E-state index < -0.39 is 0 Å². The predicted octanol–water partition coefficient (Wildman–Crippen LogP) is 5.26. The van der Waals surface area contributed by atoms with Crippen LogP contribution < -0.4 is 5.32 Å². The van der Waals surface area contributed by atoms with Crippen LogP contribution in [0.25, 0.3) is 0 Å². The highest BCUT2D eigenvalue weighted by atomic mass is 35.5. The van der Waals surface area contributed by atoms with Gasteiger partial charge in [-0.2, -0.15) is 0 Å². The van der Waals surface area contributed by atoms with Crippen LogP contribution in [0.4, 0.5) is 0 Å². The lowest BCUT2D eigenvalue weighted by molar-refractivity contribution is 0.613. The molecule has 1 aromatic carbocycles. The SMILES string of the molecule is CCCCCCNCCSc1cc(Cl)ccc1Cl. The second-order valence-corrected chi connectivity index (χ2v) is 6.21. The van der Waals surface area contributed by atoms with Crippen LogP contribution in [0.1, 0.15) is 32.6 Å². The monoisotopic (exact) mass is 305 g/mol. The minimum absolute atomic E-state index is 0.745. The van der Waals surface area contributed by atoms with Crippen LogP contribution in [0.2, 0.25) is 10.0 Å². The summed E-state index contributed by atoms with van der Waals surface area (Å²) in [7, 11) is 0. The van der Waals surface area contributed by atoms with Gasteiger partial charge < -0.3 is 5.32 Å². The molecule has 0 saturated carbocycles. The minimum Gasteiger partial charge on any atom is -0.316 e. The van der Waals surface area contributed by atoms with E-state index in [0.29, 0.717) is 0 Å². The van der Waals surface area contributed by atoms with Gasteiger partial charge in [0.05, 0.1) is 5.02 Å². The summed E-state index contributed by atoms with van der Waals surface area (Å²) >= 11 is 13.8. The van der Waals surface area contributed by atoms with Gasteiger partial charge in [0, 0.05) is 22.2 Å². The van der Waals surface area contributed by atoms with E-state index in [2.05, 4.69) is 12.2 Å². The molecule has 0 atom stereocenters. The maximum absolute atomic E-state index is 6.09. The Hall–Kier alpha value is 0.110. The van der Waals surface area contributed by atoms with Crippen molar-refractivity contribution in [1.29, 1.82) is 0 Å². The molecule has 18 heavy (non-hydrogen) atoms. The number of hydrogen-bond donors (Lipinski definition) is 1.